The summed E-state index contributed by atoms with van der Waals surface area (Å²) in [6, 6.07) is 16.9. The molecule has 0 spiro atoms. The zero-order chi connectivity index (χ0) is 19.2. The van der Waals surface area contributed by atoms with Gasteiger partial charge in [-0.2, -0.15) is 0 Å². The van der Waals surface area contributed by atoms with Gasteiger partial charge in [0.15, 0.2) is 5.96 Å². The van der Waals surface area contributed by atoms with Gasteiger partial charge >= 0.3 is 0 Å². The number of aromatic nitrogens is 1. The van der Waals surface area contributed by atoms with Crippen LogP contribution in [-0.4, -0.2) is 53.6 Å². The molecule has 28 heavy (non-hydrogen) atoms. The quantitative estimate of drug-likeness (QED) is 0.547. The Bertz CT molecular complexity index is 908. The van der Waals surface area contributed by atoms with E-state index in [9.17, 15) is 0 Å². The fourth-order valence-electron chi connectivity index (χ4n) is 3.68. The summed E-state index contributed by atoms with van der Waals surface area (Å²) in [7, 11) is 0. The molecule has 0 unspecified atom stereocenters. The van der Waals surface area contributed by atoms with Crippen molar-refractivity contribution >= 4 is 16.7 Å². The van der Waals surface area contributed by atoms with Gasteiger partial charge in [0.1, 0.15) is 6.26 Å². The summed E-state index contributed by atoms with van der Waals surface area (Å²) < 4.78 is 4.94. The molecule has 1 N–H and O–H groups in total. The van der Waals surface area contributed by atoms with Crippen molar-refractivity contribution < 1.29 is 4.52 Å². The standard InChI is InChI=1S/C22H27N5O/c1-2-23-22(24-16-19-8-5-7-18-6-3-4-9-21(18)19)27-13-11-26(12-14-27)17-20-10-15-28-25-20/h3-10,15H,2,11-14,16-17H2,1H3,(H,23,24). The Morgan fingerprint density at radius 3 is 2.68 bits per heavy atom. The predicted molar refractivity (Wildman–Crippen MR) is 112 cm³/mol. The number of rotatable bonds is 5. The Hall–Kier alpha value is -2.86. The molecule has 3 aromatic rings. The molecule has 6 nitrogen and oxygen atoms in total. The maximum Gasteiger partial charge on any atom is 0.194 e. The van der Waals surface area contributed by atoms with Gasteiger partial charge in [-0.3, -0.25) is 4.90 Å². The number of aliphatic imine (C=N–C) groups is 1. The molecule has 0 saturated carbocycles. The van der Waals surface area contributed by atoms with Crippen LogP contribution in [0.5, 0.6) is 0 Å². The molecule has 1 aliphatic rings. The lowest BCUT2D eigenvalue weighted by atomic mass is 10.1. The van der Waals surface area contributed by atoms with Crippen LogP contribution in [0.3, 0.4) is 0 Å². The number of nitrogens with zero attached hydrogens (tertiary/aromatic N) is 4. The maximum absolute atomic E-state index is 4.94. The van der Waals surface area contributed by atoms with E-state index in [2.05, 4.69) is 69.7 Å². The van der Waals surface area contributed by atoms with Gasteiger partial charge in [0.25, 0.3) is 0 Å². The number of hydrogen-bond acceptors (Lipinski definition) is 4. The summed E-state index contributed by atoms with van der Waals surface area (Å²) in [5.74, 6) is 0.997. The molecule has 4 rings (SSSR count). The molecule has 6 heteroatoms. The molecule has 1 fully saturated rings. The molecule has 146 valence electrons. The van der Waals surface area contributed by atoms with E-state index in [-0.39, 0.29) is 0 Å². The SMILES string of the molecule is CCNC(=NCc1cccc2ccccc12)N1CCN(Cc2ccon2)CC1. The fourth-order valence-corrected chi connectivity index (χ4v) is 3.68. The summed E-state index contributed by atoms with van der Waals surface area (Å²) in [5.41, 5.74) is 2.25. The number of benzene rings is 2. The van der Waals surface area contributed by atoms with Crippen LogP contribution in [0.25, 0.3) is 10.8 Å². The minimum atomic E-state index is 0.683. The van der Waals surface area contributed by atoms with Crippen LogP contribution in [0, 0.1) is 0 Å². The topological polar surface area (TPSA) is 56.9 Å². The van der Waals surface area contributed by atoms with Crippen molar-refractivity contribution in [2.45, 2.75) is 20.0 Å². The largest absolute Gasteiger partial charge is 0.364 e. The lowest BCUT2D eigenvalue weighted by Crippen LogP contribution is -2.52. The Labute approximate surface area is 165 Å². The van der Waals surface area contributed by atoms with Crippen molar-refractivity contribution in [2.75, 3.05) is 32.7 Å². The summed E-state index contributed by atoms with van der Waals surface area (Å²) in [6.07, 6.45) is 1.63. The van der Waals surface area contributed by atoms with Crippen molar-refractivity contribution in [1.82, 2.24) is 20.3 Å². The van der Waals surface area contributed by atoms with Gasteiger partial charge < -0.3 is 14.7 Å². The highest BCUT2D eigenvalue weighted by atomic mass is 16.5. The monoisotopic (exact) mass is 377 g/mol. The Morgan fingerprint density at radius 1 is 1.07 bits per heavy atom. The van der Waals surface area contributed by atoms with Gasteiger partial charge in [-0.1, -0.05) is 47.6 Å². The minimum Gasteiger partial charge on any atom is -0.364 e. The lowest BCUT2D eigenvalue weighted by molar-refractivity contribution is 0.169. The number of hydrogen-bond donors (Lipinski definition) is 1. The van der Waals surface area contributed by atoms with E-state index in [0.29, 0.717) is 6.54 Å². The molecular formula is C22H27N5O. The van der Waals surface area contributed by atoms with Crippen LogP contribution >= 0.6 is 0 Å². The molecule has 0 radical (unpaired) electrons. The van der Waals surface area contributed by atoms with Crippen molar-refractivity contribution in [3.05, 3.63) is 66.1 Å². The third-order valence-corrected chi connectivity index (χ3v) is 5.16. The van der Waals surface area contributed by atoms with Gasteiger partial charge in [0.05, 0.1) is 12.2 Å². The highest BCUT2D eigenvalue weighted by molar-refractivity contribution is 5.86. The van der Waals surface area contributed by atoms with E-state index in [0.717, 1.165) is 50.9 Å². The molecule has 1 aromatic heterocycles. The molecule has 2 heterocycles. The summed E-state index contributed by atoms with van der Waals surface area (Å²) in [4.78, 5) is 9.70. The van der Waals surface area contributed by atoms with Crippen LogP contribution in [0.1, 0.15) is 18.2 Å². The Kier molecular flexibility index (Phi) is 5.87. The summed E-state index contributed by atoms with van der Waals surface area (Å²) in [6.45, 7) is 8.41. The van der Waals surface area contributed by atoms with E-state index in [1.165, 1.54) is 16.3 Å². The van der Waals surface area contributed by atoms with E-state index in [1.54, 1.807) is 6.26 Å². The molecule has 0 amide bonds. The molecule has 0 bridgehead atoms. The molecular weight excluding hydrogens is 350 g/mol. The second kappa shape index (κ2) is 8.89. The first-order valence-electron chi connectivity index (χ1n) is 9.95. The predicted octanol–water partition coefficient (Wildman–Crippen LogP) is 3.11. The van der Waals surface area contributed by atoms with Crippen molar-refractivity contribution in [1.29, 1.82) is 0 Å². The first kappa shape index (κ1) is 18.5. The third-order valence-electron chi connectivity index (χ3n) is 5.16. The average Bonchev–Trinajstić information content (AvgIpc) is 3.25. The second-order valence-electron chi connectivity index (χ2n) is 7.06. The third kappa shape index (κ3) is 4.34. The highest BCUT2D eigenvalue weighted by Crippen LogP contribution is 2.19. The van der Waals surface area contributed by atoms with E-state index >= 15 is 0 Å². The highest BCUT2D eigenvalue weighted by Gasteiger charge is 2.20. The zero-order valence-corrected chi connectivity index (χ0v) is 16.3. The van der Waals surface area contributed by atoms with Crippen LogP contribution in [0.4, 0.5) is 0 Å². The molecule has 2 aromatic carbocycles. The second-order valence-corrected chi connectivity index (χ2v) is 7.06. The van der Waals surface area contributed by atoms with Crippen LogP contribution in [0.2, 0.25) is 0 Å². The van der Waals surface area contributed by atoms with Crippen LogP contribution < -0.4 is 5.32 Å². The van der Waals surface area contributed by atoms with Crippen molar-refractivity contribution in [3.8, 4) is 0 Å². The van der Waals surface area contributed by atoms with Crippen molar-refractivity contribution in [3.63, 3.8) is 0 Å². The smallest absolute Gasteiger partial charge is 0.194 e. The fraction of sp³-hybridized carbons (Fsp3) is 0.364. The van der Waals surface area contributed by atoms with Gasteiger partial charge in [-0.05, 0) is 23.3 Å². The van der Waals surface area contributed by atoms with Gasteiger partial charge in [0.2, 0.25) is 0 Å². The number of fused-ring (bicyclic) bond motifs is 1. The summed E-state index contributed by atoms with van der Waals surface area (Å²) >= 11 is 0. The normalized spacial score (nSPS) is 15.9. The maximum atomic E-state index is 4.94. The van der Waals surface area contributed by atoms with Gasteiger partial charge in [0, 0.05) is 45.3 Å². The first-order chi connectivity index (χ1) is 13.8. The van der Waals surface area contributed by atoms with E-state index in [4.69, 9.17) is 9.52 Å². The van der Waals surface area contributed by atoms with Gasteiger partial charge in [-0.15, -0.1) is 0 Å². The summed E-state index contributed by atoms with van der Waals surface area (Å²) in [5, 5.41) is 10.0. The number of guanidine groups is 1. The zero-order valence-electron chi connectivity index (χ0n) is 16.3. The average molecular weight is 377 g/mol. The molecule has 1 aliphatic heterocycles. The Balaban J connectivity index is 1.42. The van der Waals surface area contributed by atoms with Crippen LogP contribution in [-0.2, 0) is 13.1 Å². The minimum absolute atomic E-state index is 0.683. The molecule has 0 atom stereocenters. The molecule has 1 saturated heterocycles. The lowest BCUT2D eigenvalue weighted by Gasteiger charge is -2.36. The van der Waals surface area contributed by atoms with Gasteiger partial charge in [-0.25, -0.2) is 4.99 Å². The Morgan fingerprint density at radius 2 is 1.89 bits per heavy atom. The van der Waals surface area contributed by atoms with E-state index < -0.39 is 0 Å². The number of piperazine rings is 1. The van der Waals surface area contributed by atoms with Crippen molar-refractivity contribution in [2.24, 2.45) is 4.99 Å². The first-order valence-corrected chi connectivity index (χ1v) is 9.95. The molecule has 0 aliphatic carbocycles. The number of nitrogens with one attached hydrogen (secondary N) is 1. The van der Waals surface area contributed by atoms with E-state index in [1.807, 2.05) is 6.07 Å². The van der Waals surface area contributed by atoms with Crippen LogP contribution in [0.15, 0.2) is 64.3 Å².